The van der Waals surface area contributed by atoms with Crippen molar-refractivity contribution in [2.45, 2.75) is 76.2 Å². The van der Waals surface area contributed by atoms with Crippen molar-refractivity contribution in [3.8, 4) is 0 Å². The predicted octanol–water partition coefficient (Wildman–Crippen LogP) is 6.77. The van der Waals surface area contributed by atoms with Crippen LogP contribution in [0.3, 0.4) is 0 Å². The maximum Gasteiger partial charge on any atom is 0.327 e. The van der Waals surface area contributed by atoms with E-state index in [1.807, 2.05) is 58.3 Å². The number of amides is 4. The van der Waals surface area contributed by atoms with Gasteiger partial charge in [-0.2, -0.15) is 0 Å². The molecule has 4 amide bonds. The molecule has 14 nitrogen and oxygen atoms in total. The van der Waals surface area contributed by atoms with E-state index >= 15 is 0 Å². The lowest BCUT2D eigenvalue weighted by Crippen LogP contribution is -2.36. The van der Waals surface area contributed by atoms with Crippen molar-refractivity contribution in [1.82, 2.24) is 25.2 Å². The van der Waals surface area contributed by atoms with Gasteiger partial charge in [0.25, 0.3) is 17.7 Å². The molecule has 1 aliphatic carbocycles. The van der Waals surface area contributed by atoms with Gasteiger partial charge in [0.2, 0.25) is 5.91 Å². The molecule has 5 N–H and O–H groups in total. The standard InChI is InChI=1S/C44H48N7O7P/c52-21-5-2-4-17-45-42(54)35-23-29-27-15-19-50(39(27)12-9-32(29)46-35)44(56)37-25-31-28-16-20-51(40(28)13-10-34(31)48-37)43(55)36-24-30-26-14-18-49(38(26)11-8-33(30)47-36)41(53)7-3-1-6-22-58-59-57/h8-13,23-26,38,46-48,52H,1-7,14-22H2,(H,45,54). The molecule has 15 heteroatoms. The molecule has 4 aliphatic rings. The number of hydrogen-bond acceptors (Lipinski definition) is 7. The fourth-order valence-corrected chi connectivity index (χ4v) is 9.81. The summed E-state index contributed by atoms with van der Waals surface area (Å²) in [5.41, 5.74) is 8.89. The highest BCUT2D eigenvalue weighted by atomic mass is 31.1. The summed E-state index contributed by atoms with van der Waals surface area (Å²) in [5, 5.41) is 13.8. The normalized spacial score (nSPS) is 17.9. The first-order chi connectivity index (χ1) is 28.8. The number of nitrogens with zero attached hydrogens (tertiary/aromatic N) is 3. The highest BCUT2D eigenvalue weighted by molar-refractivity contribution is 7.17. The molecule has 1 saturated heterocycles. The third-order valence-corrected chi connectivity index (χ3v) is 12.8. The van der Waals surface area contributed by atoms with Gasteiger partial charge in [-0.15, -0.1) is 0 Å². The van der Waals surface area contributed by atoms with Gasteiger partial charge in [0.1, 0.15) is 17.1 Å². The van der Waals surface area contributed by atoms with E-state index in [-0.39, 0.29) is 50.9 Å². The SMILES string of the molecule is O=POCCCCCC(=O)N1CCC2c3cc(C(=O)N4CCc5c4ccc4[nH]c(C(=O)N6CCc7c6ccc6[nH]c(C(=O)NCCCCCO)cc76)cc54)[nH]c3C=CC21. The number of hydrogen-bond donors (Lipinski definition) is 5. The smallest absolute Gasteiger partial charge is 0.327 e. The number of anilines is 2. The first-order valence-corrected chi connectivity index (χ1v) is 21.5. The first-order valence-electron chi connectivity index (χ1n) is 20.8. The molecule has 2 atom stereocenters. The third-order valence-electron chi connectivity index (χ3n) is 12.5. The molecule has 9 rings (SSSR count). The molecule has 6 heterocycles. The van der Waals surface area contributed by atoms with Crippen molar-refractivity contribution in [1.29, 1.82) is 0 Å². The molecule has 5 aromatic rings. The Morgan fingerprint density at radius 3 is 2.14 bits per heavy atom. The largest absolute Gasteiger partial charge is 0.396 e. The van der Waals surface area contributed by atoms with E-state index < -0.39 is 0 Å². The molecule has 0 spiro atoms. The quantitative estimate of drug-likeness (QED) is 0.0571. The fourth-order valence-electron chi connectivity index (χ4n) is 9.61. The van der Waals surface area contributed by atoms with Crippen molar-refractivity contribution < 1.29 is 33.4 Å². The van der Waals surface area contributed by atoms with Crippen LogP contribution in [-0.4, -0.2) is 94.0 Å². The van der Waals surface area contributed by atoms with E-state index in [1.54, 1.807) is 4.90 Å². The highest BCUT2D eigenvalue weighted by Crippen LogP contribution is 2.42. The molecule has 3 aliphatic heterocycles. The average molecular weight is 818 g/mol. The Bertz CT molecular complexity index is 2500. The fraction of sp³-hybridized carbons (Fsp3) is 0.409. The van der Waals surface area contributed by atoms with Crippen molar-refractivity contribution in [3.63, 3.8) is 0 Å². The van der Waals surface area contributed by atoms with Crippen LogP contribution < -0.4 is 15.1 Å². The van der Waals surface area contributed by atoms with E-state index in [9.17, 15) is 23.7 Å². The Hall–Kier alpha value is -5.56. The Labute approximate surface area is 342 Å². The molecule has 3 aromatic heterocycles. The summed E-state index contributed by atoms with van der Waals surface area (Å²) in [4.78, 5) is 69.8. The molecule has 0 saturated carbocycles. The zero-order valence-corrected chi connectivity index (χ0v) is 33.7. The van der Waals surface area contributed by atoms with Crippen LogP contribution in [0.1, 0.15) is 111 Å². The number of carbonyl (C=O) groups is 4. The molecular formula is C44H48N7O7P. The summed E-state index contributed by atoms with van der Waals surface area (Å²) < 4.78 is 15.3. The van der Waals surface area contributed by atoms with Crippen molar-refractivity contribution in [2.24, 2.45) is 0 Å². The predicted molar refractivity (Wildman–Crippen MR) is 225 cm³/mol. The molecule has 59 heavy (non-hydrogen) atoms. The van der Waals surface area contributed by atoms with Gasteiger partial charge >= 0.3 is 8.69 Å². The van der Waals surface area contributed by atoms with Crippen LogP contribution in [0.2, 0.25) is 0 Å². The van der Waals surface area contributed by atoms with E-state index in [2.05, 4.69) is 26.3 Å². The number of aromatic nitrogens is 3. The topological polar surface area (TPSA) is 184 Å². The molecule has 2 aromatic carbocycles. The molecule has 306 valence electrons. The lowest BCUT2D eigenvalue weighted by Gasteiger charge is -2.28. The lowest BCUT2D eigenvalue weighted by molar-refractivity contribution is -0.131. The number of H-pyrrole nitrogens is 3. The second kappa shape index (κ2) is 16.6. The molecule has 1 fully saturated rings. The summed E-state index contributed by atoms with van der Waals surface area (Å²) in [6, 6.07) is 13.5. The Morgan fingerprint density at radius 1 is 0.780 bits per heavy atom. The van der Waals surface area contributed by atoms with Crippen LogP contribution in [0.4, 0.5) is 11.4 Å². The van der Waals surface area contributed by atoms with Crippen molar-refractivity contribution in [2.75, 3.05) is 49.2 Å². The zero-order valence-electron chi connectivity index (χ0n) is 32.9. The van der Waals surface area contributed by atoms with Crippen LogP contribution in [0.25, 0.3) is 27.9 Å². The second-order valence-electron chi connectivity index (χ2n) is 16.0. The molecule has 0 bridgehead atoms. The number of rotatable bonds is 15. The van der Waals surface area contributed by atoms with Crippen molar-refractivity contribution in [3.05, 3.63) is 88.0 Å². The number of unbranched alkanes of at least 4 members (excludes halogenated alkanes) is 4. The minimum atomic E-state index is -0.310. The summed E-state index contributed by atoms with van der Waals surface area (Å²) in [5.74, 6) is -0.150. The van der Waals surface area contributed by atoms with E-state index in [0.717, 1.165) is 101 Å². The third kappa shape index (κ3) is 7.27. The van der Waals surface area contributed by atoms with Gasteiger partial charge < -0.3 is 40.1 Å². The van der Waals surface area contributed by atoms with Gasteiger partial charge in [-0.05, 0) is 117 Å². The van der Waals surface area contributed by atoms with Crippen LogP contribution in [0.5, 0.6) is 0 Å². The monoisotopic (exact) mass is 817 g/mol. The highest BCUT2D eigenvalue weighted by Gasteiger charge is 2.40. The maximum absolute atomic E-state index is 14.1. The number of fused-ring (bicyclic) bond motifs is 9. The molecule has 2 unspecified atom stereocenters. The number of aromatic amines is 3. The maximum atomic E-state index is 14.1. The Kier molecular flexibility index (Phi) is 11.0. The number of nitrogens with one attached hydrogen (secondary N) is 4. The number of benzene rings is 2. The van der Waals surface area contributed by atoms with Gasteiger partial charge in [0.15, 0.2) is 0 Å². The average Bonchev–Trinajstić information content (AvgIpc) is 4.10. The van der Waals surface area contributed by atoms with Crippen LogP contribution in [0, 0.1) is 0 Å². The number of likely N-dealkylation sites (tertiary alicyclic amines) is 1. The van der Waals surface area contributed by atoms with Gasteiger partial charge in [0.05, 0.1) is 12.6 Å². The van der Waals surface area contributed by atoms with Gasteiger partial charge in [0, 0.05) is 84.0 Å². The number of aliphatic hydroxyl groups excluding tert-OH is 1. The van der Waals surface area contributed by atoms with E-state index in [4.69, 9.17) is 9.63 Å². The minimum absolute atomic E-state index is 0.0313. The summed E-state index contributed by atoms with van der Waals surface area (Å²) >= 11 is 0. The van der Waals surface area contributed by atoms with Gasteiger partial charge in [-0.3, -0.25) is 23.7 Å². The first kappa shape index (κ1) is 38.9. The van der Waals surface area contributed by atoms with E-state index in [0.29, 0.717) is 69.1 Å². The lowest BCUT2D eigenvalue weighted by atomic mass is 9.87. The zero-order chi connectivity index (χ0) is 40.6. The molecule has 0 radical (unpaired) electrons. The van der Waals surface area contributed by atoms with Crippen LogP contribution >= 0.6 is 8.69 Å². The summed E-state index contributed by atoms with van der Waals surface area (Å²) in [6.07, 6.45) is 11.5. The van der Waals surface area contributed by atoms with Crippen LogP contribution in [-0.2, 0) is 26.7 Å². The minimum Gasteiger partial charge on any atom is -0.396 e. The van der Waals surface area contributed by atoms with Crippen molar-refractivity contribution >= 4 is 71.6 Å². The summed E-state index contributed by atoms with van der Waals surface area (Å²) in [6.45, 7) is 2.83. The summed E-state index contributed by atoms with van der Waals surface area (Å²) in [7, 11) is -0.310. The van der Waals surface area contributed by atoms with Crippen LogP contribution in [0.15, 0.2) is 48.5 Å². The van der Waals surface area contributed by atoms with Gasteiger partial charge in [-0.1, -0.05) is 12.5 Å². The van der Waals surface area contributed by atoms with Gasteiger partial charge in [-0.25, -0.2) is 4.57 Å². The second-order valence-corrected chi connectivity index (χ2v) is 16.4. The number of carbonyl (C=O) groups excluding carboxylic acids is 4. The van der Waals surface area contributed by atoms with E-state index in [1.165, 1.54) is 0 Å². The Morgan fingerprint density at radius 2 is 1.44 bits per heavy atom. The molecular weight excluding hydrogens is 769 g/mol. The number of aliphatic hydroxyl groups is 1. The Balaban J connectivity index is 0.871.